The van der Waals surface area contributed by atoms with Crippen LogP contribution < -0.4 is 10.3 Å². The summed E-state index contributed by atoms with van der Waals surface area (Å²) in [6, 6.07) is 0.248. The average Bonchev–Trinajstić information content (AvgIpc) is 2.76. The van der Waals surface area contributed by atoms with Crippen LogP contribution in [-0.2, 0) is 14.2 Å². The predicted octanol–water partition coefficient (Wildman–Crippen LogP) is 0.816. The van der Waals surface area contributed by atoms with Gasteiger partial charge in [0.1, 0.15) is 29.4 Å². The second-order valence-electron chi connectivity index (χ2n) is 5.52. The third-order valence-electron chi connectivity index (χ3n) is 3.65. The Morgan fingerprint density at radius 2 is 2.15 bits per heavy atom. The van der Waals surface area contributed by atoms with Gasteiger partial charge in [-0.05, 0) is 29.8 Å². The monoisotopic (exact) mass is 344 g/mol. The molecule has 1 aromatic heterocycles. The highest BCUT2D eigenvalue weighted by molar-refractivity contribution is 9.10. The summed E-state index contributed by atoms with van der Waals surface area (Å²) in [6.07, 6.45) is 0.556. The molecule has 4 atom stereocenters. The molecule has 0 saturated carbocycles. The number of hydrogen-bond donors (Lipinski definition) is 0. The summed E-state index contributed by atoms with van der Waals surface area (Å²) >= 11 is 3.19. The van der Waals surface area contributed by atoms with E-state index in [1.165, 1.54) is 0 Å². The number of fused-ring (bicyclic) bond motifs is 7. The van der Waals surface area contributed by atoms with Gasteiger partial charge in [0.05, 0.1) is 0 Å². The molecule has 0 radical (unpaired) electrons. The van der Waals surface area contributed by atoms with Crippen molar-refractivity contribution in [1.82, 2.24) is 9.55 Å². The fourth-order valence-electron chi connectivity index (χ4n) is 2.89. The summed E-state index contributed by atoms with van der Waals surface area (Å²) in [6.45, 7) is 4.03. The van der Waals surface area contributed by atoms with Gasteiger partial charge in [0.25, 0.3) is 5.56 Å². The summed E-state index contributed by atoms with van der Waals surface area (Å²) < 4.78 is 25.3. The highest BCUT2D eigenvalue weighted by Gasteiger charge is 2.57. The van der Waals surface area contributed by atoms with E-state index in [-0.39, 0.29) is 36.5 Å². The van der Waals surface area contributed by atoms with Crippen LogP contribution in [0.1, 0.15) is 20.1 Å². The zero-order valence-corrected chi connectivity index (χ0v) is 12.5. The van der Waals surface area contributed by atoms with Crippen LogP contribution in [0, 0.1) is 0 Å². The zero-order chi connectivity index (χ0) is 14.1. The maximum Gasteiger partial charge on any atom is 0.302 e. The molecule has 2 fully saturated rings. The molecular weight excluding hydrogens is 332 g/mol. The molecule has 4 heterocycles. The van der Waals surface area contributed by atoms with Gasteiger partial charge in [0.15, 0.2) is 12.0 Å². The van der Waals surface area contributed by atoms with Crippen LogP contribution in [0.4, 0.5) is 0 Å². The Bertz CT molecular complexity index is 631. The number of ether oxygens (including phenoxy) is 4. The van der Waals surface area contributed by atoms with Crippen LogP contribution in [0.3, 0.4) is 0 Å². The predicted molar refractivity (Wildman–Crippen MR) is 69.4 cm³/mol. The highest BCUT2D eigenvalue weighted by Crippen LogP contribution is 2.45. The van der Waals surface area contributed by atoms with E-state index in [0.717, 1.165) is 0 Å². The van der Waals surface area contributed by atoms with Crippen molar-refractivity contribution in [3.8, 4) is 6.01 Å². The average molecular weight is 345 g/mol. The Hall–Kier alpha value is -0.960. The lowest BCUT2D eigenvalue weighted by molar-refractivity contribution is -0.195. The van der Waals surface area contributed by atoms with Crippen LogP contribution in [0.2, 0.25) is 0 Å². The molecule has 4 rings (SSSR count). The molecule has 0 amide bonds. The Morgan fingerprint density at radius 1 is 1.40 bits per heavy atom. The standard InChI is InChI=1S/C12H13BrN2O5/c1-12(2)19-7-6-4-17-11-14-9(16)5(13)3-15(11)10(18-6)8(7)20-12/h3,6-8,10H,4H2,1-2H3/t6-,7-,8-,10-/m1/s1. The lowest BCUT2D eigenvalue weighted by atomic mass is 10.1. The SMILES string of the molecule is CC1(C)O[C@@H]2[C@H](O1)[C@H]1COc3nc(=O)c(Br)cn3[C@@H]2O1. The molecular formula is C12H13BrN2O5. The molecule has 8 heteroatoms. The van der Waals surface area contributed by atoms with Crippen molar-refractivity contribution in [3.63, 3.8) is 0 Å². The third kappa shape index (κ3) is 1.75. The minimum absolute atomic E-state index is 0.179. The molecule has 1 aromatic rings. The number of nitrogens with zero attached hydrogens (tertiary/aromatic N) is 2. The van der Waals surface area contributed by atoms with Crippen molar-refractivity contribution in [3.05, 3.63) is 21.0 Å². The van der Waals surface area contributed by atoms with Gasteiger partial charge < -0.3 is 18.9 Å². The molecule has 0 aromatic carbocycles. The van der Waals surface area contributed by atoms with Crippen molar-refractivity contribution in [2.75, 3.05) is 6.61 Å². The molecule has 2 saturated heterocycles. The lowest BCUT2D eigenvalue weighted by Crippen LogP contribution is -2.35. The molecule has 0 unspecified atom stereocenters. The van der Waals surface area contributed by atoms with E-state index >= 15 is 0 Å². The van der Waals surface area contributed by atoms with E-state index in [9.17, 15) is 4.79 Å². The van der Waals surface area contributed by atoms with Crippen LogP contribution in [0.15, 0.2) is 15.5 Å². The largest absolute Gasteiger partial charge is 0.462 e. The minimum atomic E-state index is -0.649. The van der Waals surface area contributed by atoms with Gasteiger partial charge >= 0.3 is 6.01 Å². The van der Waals surface area contributed by atoms with Gasteiger partial charge in [-0.25, -0.2) is 0 Å². The van der Waals surface area contributed by atoms with E-state index in [1.807, 2.05) is 13.8 Å². The van der Waals surface area contributed by atoms with Crippen LogP contribution in [0.25, 0.3) is 0 Å². The molecule has 20 heavy (non-hydrogen) atoms. The number of aromatic nitrogens is 2. The fraction of sp³-hybridized carbons (Fsp3) is 0.667. The van der Waals surface area contributed by atoms with Crippen molar-refractivity contribution in [2.45, 2.75) is 44.2 Å². The van der Waals surface area contributed by atoms with Gasteiger partial charge in [-0.3, -0.25) is 9.36 Å². The number of halogens is 1. The van der Waals surface area contributed by atoms with Crippen LogP contribution >= 0.6 is 15.9 Å². The molecule has 0 spiro atoms. The first-order chi connectivity index (χ1) is 9.44. The Labute approximate surface area is 122 Å². The van der Waals surface area contributed by atoms with Crippen molar-refractivity contribution < 1.29 is 18.9 Å². The van der Waals surface area contributed by atoms with Gasteiger partial charge in [-0.1, -0.05) is 0 Å². The lowest BCUT2D eigenvalue weighted by Gasteiger charge is -2.23. The molecule has 3 aliphatic heterocycles. The van der Waals surface area contributed by atoms with E-state index in [1.54, 1.807) is 10.8 Å². The van der Waals surface area contributed by atoms with Gasteiger partial charge in [-0.15, -0.1) is 0 Å². The molecule has 108 valence electrons. The van der Waals surface area contributed by atoms with Crippen molar-refractivity contribution in [1.29, 1.82) is 0 Å². The molecule has 0 aliphatic carbocycles. The summed E-state index contributed by atoms with van der Waals surface area (Å²) in [5, 5.41) is 0. The maximum atomic E-state index is 11.6. The molecule has 7 nitrogen and oxygen atoms in total. The maximum absolute atomic E-state index is 11.6. The molecule has 3 aliphatic rings. The van der Waals surface area contributed by atoms with Gasteiger partial charge in [0.2, 0.25) is 0 Å². The first kappa shape index (κ1) is 12.8. The Balaban J connectivity index is 1.81. The first-order valence-electron chi connectivity index (χ1n) is 6.37. The minimum Gasteiger partial charge on any atom is -0.462 e. The quantitative estimate of drug-likeness (QED) is 0.693. The number of rotatable bonds is 0. The first-order valence-corrected chi connectivity index (χ1v) is 7.16. The summed E-state index contributed by atoms with van der Waals surface area (Å²) in [7, 11) is 0. The summed E-state index contributed by atoms with van der Waals surface area (Å²) in [5.41, 5.74) is -0.366. The van der Waals surface area contributed by atoms with Crippen LogP contribution in [-0.4, -0.2) is 40.3 Å². The van der Waals surface area contributed by atoms with E-state index < -0.39 is 12.0 Å². The number of hydrogen-bond acceptors (Lipinski definition) is 6. The smallest absolute Gasteiger partial charge is 0.302 e. The van der Waals surface area contributed by atoms with E-state index in [2.05, 4.69) is 20.9 Å². The summed E-state index contributed by atoms with van der Waals surface area (Å²) in [4.78, 5) is 15.5. The van der Waals surface area contributed by atoms with Gasteiger partial charge in [0, 0.05) is 6.20 Å². The van der Waals surface area contributed by atoms with Crippen LogP contribution in [0.5, 0.6) is 6.01 Å². The zero-order valence-electron chi connectivity index (χ0n) is 10.9. The summed E-state index contributed by atoms with van der Waals surface area (Å²) in [5.74, 6) is -0.649. The topological polar surface area (TPSA) is 71.8 Å². The molecule has 2 bridgehead atoms. The fourth-order valence-corrected chi connectivity index (χ4v) is 3.20. The van der Waals surface area contributed by atoms with Gasteiger partial charge in [-0.2, -0.15) is 4.98 Å². The van der Waals surface area contributed by atoms with Crippen molar-refractivity contribution in [2.24, 2.45) is 0 Å². The Kier molecular flexibility index (Phi) is 2.57. The molecule has 0 N–H and O–H groups in total. The van der Waals surface area contributed by atoms with E-state index in [4.69, 9.17) is 18.9 Å². The Morgan fingerprint density at radius 3 is 2.95 bits per heavy atom. The normalized spacial score (nSPS) is 37.0. The third-order valence-corrected chi connectivity index (χ3v) is 4.19. The van der Waals surface area contributed by atoms with E-state index in [0.29, 0.717) is 4.47 Å². The second kappa shape index (κ2) is 4.03. The van der Waals surface area contributed by atoms with Crippen molar-refractivity contribution >= 4 is 15.9 Å². The highest BCUT2D eigenvalue weighted by atomic mass is 79.9. The second-order valence-corrected chi connectivity index (χ2v) is 6.38.